The van der Waals surface area contributed by atoms with Gasteiger partial charge < -0.3 is 0 Å². The SMILES string of the molecule is CC(Br)c1cccc2c1=CC(I)CC=2. The Balaban J connectivity index is 2.72. The highest BCUT2D eigenvalue weighted by atomic mass is 127. The van der Waals surface area contributed by atoms with Gasteiger partial charge in [0.05, 0.1) is 0 Å². The second kappa shape index (κ2) is 4.35. The molecule has 2 unspecified atom stereocenters. The summed E-state index contributed by atoms with van der Waals surface area (Å²) in [4.78, 5) is 0.434. The summed E-state index contributed by atoms with van der Waals surface area (Å²) < 4.78 is 0.646. The summed E-state index contributed by atoms with van der Waals surface area (Å²) in [5.41, 5.74) is 1.40. The lowest BCUT2D eigenvalue weighted by atomic mass is 10.0. The third-order valence-electron chi connectivity index (χ3n) is 2.51. The maximum atomic E-state index is 3.65. The molecule has 1 aromatic carbocycles. The van der Waals surface area contributed by atoms with Gasteiger partial charge in [-0.25, -0.2) is 0 Å². The lowest BCUT2D eigenvalue weighted by molar-refractivity contribution is 1.08. The van der Waals surface area contributed by atoms with Crippen molar-refractivity contribution in [3.8, 4) is 0 Å². The zero-order chi connectivity index (χ0) is 10.1. The summed E-state index contributed by atoms with van der Waals surface area (Å²) in [5, 5.41) is 2.81. The Morgan fingerprint density at radius 3 is 3.00 bits per heavy atom. The maximum Gasteiger partial charge on any atom is 0.0373 e. The van der Waals surface area contributed by atoms with Crippen LogP contribution in [0.4, 0.5) is 0 Å². The topological polar surface area (TPSA) is 0 Å². The Morgan fingerprint density at radius 1 is 1.50 bits per heavy atom. The fraction of sp³-hybridized carbons (Fsp3) is 0.333. The molecule has 2 rings (SSSR count). The van der Waals surface area contributed by atoms with E-state index in [4.69, 9.17) is 0 Å². The first-order valence-electron chi connectivity index (χ1n) is 4.77. The van der Waals surface area contributed by atoms with Crippen LogP contribution >= 0.6 is 38.5 Å². The van der Waals surface area contributed by atoms with Crippen molar-refractivity contribution in [2.24, 2.45) is 0 Å². The van der Waals surface area contributed by atoms with Crippen LogP contribution in [0.3, 0.4) is 0 Å². The first-order valence-corrected chi connectivity index (χ1v) is 6.93. The minimum atomic E-state index is 0.434. The maximum absolute atomic E-state index is 3.65. The molecule has 0 spiro atoms. The Morgan fingerprint density at radius 2 is 2.29 bits per heavy atom. The second-order valence-electron chi connectivity index (χ2n) is 3.59. The summed E-state index contributed by atoms with van der Waals surface area (Å²) in [6, 6.07) is 6.55. The van der Waals surface area contributed by atoms with Crippen LogP contribution in [-0.2, 0) is 0 Å². The van der Waals surface area contributed by atoms with Crippen molar-refractivity contribution in [2.75, 3.05) is 0 Å². The Bertz CT molecular complexity index is 448. The van der Waals surface area contributed by atoms with Gasteiger partial charge in [0.1, 0.15) is 0 Å². The van der Waals surface area contributed by atoms with Gasteiger partial charge in [-0.3, -0.25) is 0 Å². The smallest absolute Gasteiger partial charge is 0.0373 e. The summed E-state index contributed by atoms with van der Waals surface area (Å²) in [6.07, 6.45) is 5.88. The second-order valence-corrected chi connectivity index (χ2v) is 6.56. The van der Waals surface area contributed by atoms with Gasteiger partial charge in [-0.1, -0.05) is 68.9 Å². The van der Waals surface area contributed by atoms with Crippen molar-refractivity contribution in [2.45, 2.75) is 22.1 Å². The first kappa shape index (κ1) is 10.7. The Kier molecular flexibility index (Phi) is 3.32. The Labute approximate surface area is 106 Å². The van der Waals surface area contributed by atoms with Crippen molar-refractivity contribution in [3.63, 3.8) is 0 Å². The van der Waals surface area contributed by atoms with Gasteiger partial charge in [-0.05, 0) is 29.3 Å². The molecule has 14 heavy (non-hydrogen) atoms. The van der Waals surface area contributed by atoms with E-state index in [1.54, 1.807) is 0 Å². The lowest BCUT2D eigenvalue weighted by Gasteiger charge is -2.11. The third-order valence-corrected chi connectivity index (χ3v) is 3.87. The average molecular weight is 363 g/mol. The van der Waals surface area contributed by atoms with E-state index in [1.165, 1.54) is 16.0 Å². The molecule has 2 atom stereocenters. The van der Waals surface area contributed by atoms with Crippen molar-refractivity contribution < 1.29 is 0 Å². The largest absolute Gasteiger partial charge is 0.0842 e. The van der Waals surface area contributed by atoms with E-state index in [0.717, 1.165) is 6.42 Å². The molecule has 74 valence electrons. The number of fused-ring (bicyclic) bond motifs is 1. The molecule has 0 aromatic heterocycles. The first-order chi connectivity index (χ1) is 6.68. The highest BCUT2D eigenvalue weighted by Gasteiger charge is 2.08. The van der Waals surface area contributed by atoms with Crippen molar-refractivity contribution in [3.05, 3.63) is 34.2 Å². The predicted molar refractivity (Wildman–Crippen MR) is 74.4 cm³/mol. The number of rotatable bonds is 1. The van der Waals surface area contributed by atoms with E-state index in [1.807, 2.05) is 0 Å². The van der Waals surface area contributed by atoms with Crippen molar-refractivity contribution in [1.82, 2.24) is 0 Å². The van der Waals surface area contributed by atoms with Crippen LogP contribution in [0.25, 0.3) is 12.2 Å². The van der Waals surface area contributed by atoms with Gasteiger partial charge in [0.25, 0.3) is 0 Å². The van der Waals surface area contributed by atoms with Crippen LogP contribution in [0.2, 0.25) is 0 Å². The van der Waals surface area contributed by atoms with E-state index in [-0.39, 0.29) is 0 Å². The van der Waals surface area contributed by atoms with E-state index >= 15 is 0 Å². The molecule has 0 radical (unpaired) electrons. The number of halogens is 2. The normalized spacial score (nSPS) is 21.8. The van der Waals surface area contributed by atoms with Crippen LogP contribution in [-0.4, -0.2) is 3.92 Å². The van der Waals surface area contributed by atoms with Gasteiger partial charge in [-0.15, -0.1) is 0 Å². The summed E-state index contributed by atoms with van der Waals surface area (Å²) >= 11 is 6.14. The van der Waals surface area contributed by atoms with Crippen molar-refractivity contribution in [1.29, 1.82) is 0 Å². The number of benzene rings is 1. The molecule has 1 aliphatic carbocycles. The monoisotopic (exact) mass is 362 g/mol. The quantitative estimate of drug-likeness (QED) is 0.532. The standard InChI is InChI=1S/C12H12BrI/c1-8(13)11-4-2-3-9-5-6-10(14)7-12(9)11/h2-5,7-8,10H,6H2,1H3. The summed E-state index contributed by atoms with van der Waals surface area (Å²) in [5.74, 6) is 0. The third kappa shape index (κ3) is 2.06. The molecule has 0 aliphatic heterocycles. The number of hydrogen-bond acceptors (Lipinski definition) is 0. The van der Waals surface area contributed by atoms with E-state index in [0.29, 0.717) is 8.75 Å². The zero-order valence-electron chi connectivity index (χ0n) is 8.00. The van der Waals surface area contributed by atoms with Crippen LogP contribution in [0.1, 0.15) is 23.7 Å². The highest BCUT2D eigenvalue weighted by molar-refractivity contribution is 14.1. The van der Waals surface area contributed by atoms with Crippen LogP contribution in [0.5, 0.6) is 0 Å². The van der Waals surface area contributed by atoms with Crippen LogP contribution in [0, 0.1) is 0 Å². The molecule has 0 heterocycles. The van der Waals surface area contributed by atoms with Gasteiger partial charge in [0, 0.05) is 8.75 Å². The molecule has 0 saturated carbocycles. The molecular formula is C12H12BrI. The van der Waals surface area contributed by atoms with Gasteiger partial charge in [0.2, 0.25) is 0 Å². The van der Waals surface area contributed by atoms with E-state index in [2.05, 4.69) is 75.8 Å². The fourth-order valence-electron chi connectivity index (χ4n) is 1.81. The van der Waals surface area contributed by atoms with Crippen LogP contribution in [0.15, 0.2) is 18.2 Å². The summed E-state index contributed by atoms with van der Waals surface area (Å²) in [6.45, 7) is 2.18. The molecule has 0 N–H and O–H groups in total. The highest BCUT2D eigenvalue weighted by Crippen LogP contribution is 2.18. The van der Waals surface area contributed by atoms with Gasteiger partial charge in [0.15, 0.2) is 0 Å². The summed E-state index contributed by atoms with van der Waals surface area (Å²) in [7, 11) is 0. The molecule has 0 amide bonds. The minimum Gasteiger partial charge on any atom is -0.0842 e. The molecular weight excluding hydrogens is 351 g/mol. The van der Waals surface area contributed by atoms with Crippen LogP contribution < -0.4 is 10.4 Å². The van der Waals surface area contributed by atoms with Crippen molar-refractivity contribution >= 4 is 50.7 Å². The zero-order valence-corrected chi connectivity index (χ0v) is 11.7. The number of alkyl halides is 2. The van der Waals surface area contributed by atoms with Gasteiger partial charge >= 0.3 is 0 Å². The fourth-order valence-corrected chi connectivity index (χ4v) is 2.82. The minimum absolute atomic E-state index is 0.434. The Hall–Kier alpha value is 0.170. The molecule has 0 bridgehead atoms. The van der Waals surface area contributed by atoms with Gasteiger partial charge in [-0.2, -0.15) is 0 Å². The molecule has 2 heteroatoms. The predicted octanol–water partition coefficient (Wildman–Crippen LogP) is 2.91. The molecule has 1 aromatic rings. The lowest BCUT2D eigenvalue weighted by Crippen LogP contribution is -2.32. The number of hydrogen-bond donors (Lipinski definition) is 0. The molecule has 1 aliphatic rings. The van der Waals surface area contributed by atoms with E-state index in [9.17, 15) is 0 Å². The molecule has 0 fully saturated rings. The molecule has 0 nitrogen and oxygen atoms in total. The molecule has 0 saturated heterocycles. The average Bonchev–Trinajstić information content (AvgIpc) is 2.16. The van der Waals surface area contributed by atoms with E-state index < -0.39 is 0 Å².